The first kappa shape index (κ1) is 20.4. The minimum atomic E-state index is -0.624. The summed E-state index contributed by atoms with van der Waals surface area (Å²) in [6.07, 6.45) is 0. The van der Waals surface area contributed by atoms with E-state index in [0.717, 1.165) is 0 Å². The van der Waals surface area contributed by atoms with Crippen molar-refractivity contribution in [3.63, 3.8) is 0 Å². The Morgan fingerprint density at radius 1 is 1.11 bits per heavy atom. The number of anilines is 1. The number of ether oxygens (including phenoxy) is 2. The van der Waals surface area contributed by atoms with Gasteiger partial charge in [-0.15, -0.1) is 0 Å². The van der Waals surface area contributed by atoms with Crippen LogP contribution in [0.3, 0.4) is 0 Å². The molecule has 0 unspecified atom stereocenters. The van der Waals surface area contributed by atoms with Gasteiger partial charge < -0.3 is 9.47 Å². The maximum Gasteiger partial charge on any atom is 0.340 e. The van der Waals surface area contributed by atoms with Crippen LogP contribution in [0.1, 0.15) is 46.0 Å². The fourth-order valence-corrected chi connectivity index (χ4v) is 2.83. The summed E-state index contributed by atoms with van der Waals surface area (Å²) in [4.78, 5) is 29.7. The molecule has 2 aromatic rings. The van der Waals surface area contributed by atoms with Crippen molar-refractivity contribution in [3.05, 3.63) is 46.8 Å². The van der Waals surface area contributed by atoms with Crippen LogP contribution < -0.4 is 5.48 Å². The molecule has 1 heterocycles. The number of aryl methyl sites for hydroxylation is 2. The first-order valence-electron chi connectivity index (χ1n) is 8.57. The van der Waals surface area contributed by atoms with E-state index >= 15 is 0 Å². The molecule has 144 valence electrons. The van der Waals surface area contributed by atoms with Crippen LogP contribution in [0.25, 0.3) is 11.1 Å². The van der Waals surface area contributed by atoms with Gasteiger partial charge in [-0.2, -0.15) is 0 Å². The monoisotopic (exact) mass is 372 g/mol. The Balaban J connectivity index is 2.83. The average Bonchev–Trinajstić information content (AvgIpc) is 2.64. The summed E-state index contributed by atoms with van der Waals surface area (Å²) in [5.41, 5.74) is 4.40. The fourth-order valence-electron chi connectivity index (χ4n) is 2.83. The van der Waals surface area contributed by atoms with E-state index in [1.165, 1.54) is 7.11 Å². The molecule has 0 saturated heterocycles. The molecule has 0 aliphatic rings. The van der Waals surface area contributed by atoms with Gasteiger partial charge in [-0.25, -0.2) is 9.59 Å². The summed E-state index contributed by atoms with van der Waals surface area (Å²) >= 11 is 0. The molecule has 0 aliphatic heterocycles. The zero-order valence-corrected chi connectivity index (χ0v) is 16.1. The summed E-state index contributed by atoms with van der Waals surface area (Å²) in [7, 11) is 1.26. The Hall–Kier alpha value is -2.93. The zero-order chi connectivity index (χ0) is 20.1. The number of para-hydroxylation sites is 1. The molecule has 0 amide bonds. The van der Waals surface area contributed by atoms with Gasteiger partial charge in [0, 0.05) is 11.1 Å². The molecule has 7 nitrogen and oxygen atoms in total. The van der Waals surface area contributed by atoms with Crippen molar-refractivity contribution in [3.8, 4) is 11.1 Å². The minimum absolute atomic E-state index is 0.155. The minimum Gasteiger partial charge on any atom is -0.465 e. The number of esters is 2. The second-order valence-corrected chi connectivity index (χ2v) is 6.55. The molecule has 0 aliphatic carbocycles. The lowest BCUT2D eigenvalue weighted by Gasteiger charge is -2.19. The molecule has 2 rings (SSSR count). The number of rotatable bonds is 6. The zero-order valence-electron chi connectivity index (χ0n) is 16.1. The van der Waals surface area contributed by atoms with Crippen LogP contribution in [0.2, 0.25) is 0 Å². The largest absolute Gasteiger partial charge is 0.465 e. The van der Waals surface area contributed by atoms with E-state index in [2.05, 4.69) is 10.5 Å². The standard InChI is InChI=1S/C20H24N2O5/c1-11(2)10-27-20(24)17-13(4)21-12(3)16(19(23)26-5)18(17)14-8-6-7-9-15(14)22-25/h6-9,11,22,25H,10H2,1-5H3. The molecule has 2 N–H and O–H groups in total. The number of methoxy groups -OCH3 is 1. The summed E-state index contributed by atoms with van der Waals surface area (Å²) in [5, 5.41) is 9.51. The molecular formula is C20H24N2O5. The van der Waals surface area contributed by atoms with Crippen LogP contribution in [-0.2, 0) is 9.47 Å². The number of aromatic nitrogens is 1. The van der Waals surface area contributed by atoms with E-state index in [1.54, 1.807) is 38.1 Å². The average molecular weight is 372 g/mol. The number of hydrogen-bond acceptors (Lipinski definition) is 7. The summed E-state index contributed by atoms with van der Waals surface area (Å²) in [6.45, 7) is 7.44. The van der Waals surface area contributed by atoms with E-state index in [0.29, 0.717) is 28.2 Å². The fraction of sp³-hybridized carbons (Fsp3) is 0.350. The van der Waals surface area contributed by atoms with Gasteiger partial charge in [0.2, 0.25) is 0 Å². The number of nitrogens with zero attached hydrogens (tertiary/aromatic N) is 1. The number of hydrogen-bond donors (Lipinski definition) is 2. The topological polar surface area (TPSA) is 97.8 Å². The van der Waals surface area contributed by atoms with E-state index in [9.17, 15) is 14.8 Å². The van der Waals surface area contributed by atoms with Gasteiger partial charge in [0.1, 0.15) is 0 Å². The summed E-state index contributed by atoms with van der Waals surface area (Å²) < 4.78 is 10.3. The SMILES string of the molecule is COC(=O)c1c(C)nc(C)c(C(=O)OCC(C)C)c1-c1ccccc1NO. The first-order valence-corrected chi connectivity index (χ1v) is 8.57. The molecule has 0 fully saturated rings. The van der Waals surface area contributed by atoms with Gasteiger partial charge in [0.15, 0.2) is 0 Å². The number of benzene rings is 1. The van der Waals surface area contributed by atoms with Gasteiger partial charge >= 0.3 is 11.9 Å². The highest BCUT2D eigenvalue weighted by Crippen LogP contribution is 2.36. The lowest BCUT2D eigenvalue weighted by molar-refractivity contribution is 0.0458. The third kappa shape index (κ3) is 4.25. The smallest absolute Gasteiger partial charge is 0.340 e. The van der Waals surface area contributed by atoms with Crippen LogP contribution in [-0.4, -0.2) is 35.8 Å². The lowest BCUT2D eigenvalue weighted by Crippen LogP contribution is -2.18. The molecule has 0 atom stereocenters. The number of carbonyl (C=O) groups is 2. The molecule has 0 saturated carbocycles. The van der Waals surface area contributed by atoms with Crippen molar-refractivity contribution < 1.29 is 24.3 Å². The molecule has 0 spiro atoms. The van der Waals surface area contributed by atoms with E-state index in [-0.39, 0.29) is 23.7 Å². The molecule has 27 heavy (non-hydrogen) atoms. The van der Waals surface area contributed by atoms with Crippen molar-refractivity contribution in [1.82, 2.24) is 4.98 Å². The molecule has 0 bridgehead atoms. The van der Waals surface area contributed by atoms with E-state index in [1.807, 2.05) is 13.8 Å². The van der Waals surface area contributed by atoms with Crippen LogP contribution >= 0.6 is 0 Å². The Bertz CT molecular complexity index is 862. The quantitative estimate of drug-likeness (QED) is 0.588. The molecule has 7 heteroatoms. The van der Waals surface area contributed by atoms with Crippen LogP contribution in [0.15, 0.2) is 24.3 Å². The molecular weight excluding hydrogens is 348 g/mol. The maximum atomic E-state index is 12.8. The van der Waals surface area contributed by atoms with Crippen molar-refractivity contribution in [2.45, 2.75) is 27.7 Å². The van der Waals surface area contributed by atoms with Gasteiger partial charge in [0.25, 0.3) is 0 Å². The molecule has 1 aromatic heterocycles. The lowest BCUT2D eigenvalue weighted by atomic mass is 9.91. The predicted molar refractivity (Wildman–Crippen MR) is 101 cm³/mol. The highest BCUT2D eigenvalue weighted by atomic mass is 16.5. The Kier molecular flexibility index (Phi) is 6.52. The van der Waals surface area contributed by atoms with Gasteiger partial charge in [0.05, 0.1) is 41.9 Å². The second kappa shape index (κ2) is 8.64. The predicted octanol–water partition coefficient (Wildman–Crippen LogP) is 3.77. The Labute approximate surface area is 158 Å². The molecule has 0 radical (unpaired) electrons. The second-order valence-electron chi connectivity index (χ2n) is 6.55. The van der Waals surface area contributed by atoms with Gasteiger partial charge in [-0.3, -0.25) is 15.7 Å². The Morgan fingerprint density at radius 3 is 2.26 bits per heavy atom. The Morgan fingerprint density at radius 2 is 1.70 bits per heavy atom. The van der Waals surface area contributed by atoms with Crippen molar-refractivity contribution in [1.29, 1.82) is 0 Å². The van der Waals surface area contributed by atoms with Gasteiger partial charge in [-0.05, 0) is 25.8 Å². The highest BCUT2D eigenvalue weighted by Gasteiger charge is 2.28. The van der Waals surface area contributed by atoms with Crippen molar-refractivity contribution >= 4 is 17.6 Å². The summed E-state index contributed by atoms with van der Waals surface area (Å²) in [5.74, 6) is -1.05. The van der Waals surface area contributed by atoms with Crippen molar-refractivity contribution in [2.24, 2.45) is 5.92 Å². The van der Waals surface area contributed by atoms with Crippen molar-refractivity contribution in [2.75, 3.05) is 19.2 Å². The first-order chi connectivity index (χ1) is 12.8. The van der Waals surface area contributed by atoms with E-state index in [4.69, 9.17) is 9.47 Å². The third-order valence-electron chi connectivity index (χ3n) is 4.02. The van der Waals surface area contributed by atoms with Crippen LogP contribution in [0.4, 0.5) is 5.69 Å². The normalized spacial score (nSPS) is 10.6. The maximum absolute atomic E-state index is 12.8. The molecule has 1 aromatic carbocycles. The highest BCUT2D eigenvalue weighted by molar-refractivity contribution is 6.08. The number of pyridine rings is 1. The summed E-state index contributed by atoms with van der Waals surface area (Å²) in [6, 6.07) is 6.78. The van der Waals surface area contributed by atoms with Crippen LogP contribution in [0, 0.1) is 19.8 Å². The van der Waals surface area contributed by atoms with Crippen LogP contribution in [0.5, 0.6) is 0 Å². The van der Waals surface area contributed by atoms with Gasteiger partial charge in [-0.1, -0.05) is 32.0 Å². The third-order valence-corrected chi connectivity index (χ3v) is 4.02. The number of nitrogens with one attached hydrogen (secondary N) is 1. The van der Waals surface area contributed by atoms with E-state index < -0.39 is 11.9 Å². The number of carbonyl (C=O) groups excluding carboxylic acids is 2.